The van der Waals surface area contributed by atoms with Gasteiger partial charge in [-0.25, -0.2) is 0 Å². The van der Waals surface area contributed by atoms with E-state index in [9.17, 15) is 4.79 Å². The Balaban J connectivity index is 1.69. The molecular formula is C20H23N3O3. The number of terminal acetylenes is 1. The summed E-state index contributed by atoms with van der Waals surface area (Å²) in [7, 11) is 1.62. The number of para-hydroxylation sites is 1. The molecule has 1 atom stereocenters. The number of benzene rings is 1. The number of nitrogens with zero attached hydrogens (tertiary/aromatic N) is 2. The van der Waals surface area contributed by atoms with Crippen LogP contribution in [0.4, 0.5) is 0 Å². The quantitative estimate of drug-likeness (QED) is 0.640. The fourth-order valence-corrected chi connectivity index (χ4v) is 3.27. The van der Waals surface area contributed by atoms with Gasteiger partial charge in [0.2, 0.25) is 0 Å². The molecule has 0 radical (unpaired) electrons. The van der Waals surface area contributed by atoms with E-state index in [1.807, 2.05) is 29.2 Å². The predicted octanol–water partition coefficient (Wildman–Crippen LogP) is 2.59. The molecule has 1 aromatic carbocycles. The zero-order valence-electron chi connectivity index (χ0n) is 14.9. The van der Waals surface area contributed by atoms with E-state index in [-0.39, 0.29) is 5.91 Å². The lowest BCUT2D eigenvalue weighted by Gasteiger charge is -2.32. The fourth-order valence-electron chi connectivity index (χ4n) is 3.27. The summed E-state index contributed by atoms with van der Waals surface area (Å²) in [6.07, 6.45) is 7.21. The number of H-pyrrole nitrogens is 1. The van der Waals surface area contributed by atoms with Crippen LogP contribution in [0.3, 0.4) is 0 Å². The van der Waals surface area contributed by atoms with E-state index in [2.05, 4.69) is 16.1 Å². The molecule has 3 rings (SSSR count). The van der Waals surface area contributed by atoms with Gasteiger partial charge in [-0.3, -0.25) is 9.89 Å². The fraction of sp³-hybridized carbons (Fsp3) is 0.400. The zero-order chi connectivity index (χ0) is 18.4. The number of aromatic amines is 1. The van der Waals surface area contributed by atoms with Crippen molar-refractivity contribution in [2.45, 2.75) is 12.8 Å². The average Bonchev–Trinajstić information content (AvgIpc) is 3.18. The van der Waals surface area contributed by atoms with E-state index >= 15 is 0 Å². The Hall–Kier alpha value is -2.78. The Morgan fingerprint density at radius 3 is 3.12 bits per heavy atom. The third-order valence-electron chi connectivity index (χ3n) is 4.54. The van der Waals surface area contributed by atoms with Crippen LogP contribution >= 0.6 is 0 Å². The van der Waals surface area contributed by atoms with E-state index in [4.69, 9.17) is 15.9 Å². The van der Waals surface area contributed by atoms with Crippen LogP contribution < -0.4 is 4.74 Å². The van der Waals surface area contributed by atoms with Crippen molar-refractivity contribution in [2.75, 3.05) is 33.4 Å². The van der Waals surface area contributed by atoms with Crippen molar-refractivity contribution in [2.24, 2.45) is 5.92 Å². The molecule has 0 bridgehead atoms. The van der Waals surface area contributed by atoms with Gasteiger partial charge in [0.05, 0.1) is 19.4 Å². The zero-order valence-corrected chi connectivity index (χ0v) is 14.9. The molecule has 6 heteroatoms. The SMILES string of the molecule is C#CCOCC1CCCN(C(=O)c2cc(-c3ccccc3OC)n[nH]2)C1. The van der Waals surface area contributed by atoms with E-state index in [1.54, 1.807) is 13.2 Å². The van der Waals surface area contributed by atoms with E-state index < -0.39 is 0 Å². The first-order valence-corrected chi connectivity index (χ1v) is 8.72. The van der Waals surface area contributed by atoms with Gasteiger partial charge < -0.3 is 14.4 Å². The van der Waals surface area contributed by atoms with Crippen molar-refractivity contribution in [1.29, 1.82) is 0 Å². The summed E-state index contributed by atoms with van der Waals surface area (Å²) in [5.41, 5.74) is 2.03. The summed E-state index contributed by atoms with van der Waals surface area (Å²) in [5, 5.41) is 7.16. The van der Waals surface area contributed by atoms with Crippen molar-refractivity contribution in [1.82, 2.24) is 15.1 Å². The molecule has 1 aliphatic rings. The van der Waals surface area contributed by atoms with E-state index in [1.165, 1.54) is 0 Å². The molecule has 26 heavy (non-hydrogen) atoms. The second-order valence-electron chi connectivity index (χ2n) is 6.35. The second kappa shape index (κ2) is 8.54. The van der Waals surface area contributed by atoms with Gasteiger partial charge in [0.25, 0.3) is 5.91 Å². The van der Waals surface area contributed by atoms with E-state index in [0.29, 0.717) is 37.1 Å². The van der Waals surface area contributed by atoms with Crippen molar-refractivity contribution in [3.05, 3.63) is 36.0 Å². The lowest BCUT2D eigenvalue weighted by Crippen LogP contribution is -2.41. The standard InChI is InChI=1S/C20H23N3O3/c1-3-11-26-14-15-7-6-10-23(13-15)20(24)18-12-17(21-22-18)16-8-4-5-9-19(16)25-2/h1,4-5,8-9,12,15H,6-7,10-11,13-14H2,2H3,(H,21,22). The Morgan fingerprint density at radius 2 is 2.31 bits per heavy atom. The number of carbonyl (C=O) groups is 1. The van der Waals surface area contributed by atoms with Gasteiger partial charge in [0.15, 0.2) is 0 Å². The van der Waals surface area contributed by atoms with Crippen molar-refractivity contribution < 1.29 is 14.3 Å². The number of hydrogen-bond donors (Lipinski definition) is 1. The number of carbonyl (C=O) groups excluding carboxylic acids is 1. The number of methoxy groups -OCH3 is 1. The van der Waals surface area contributed by atoms with Gasteiger partial charge in [-0.05, 0) is 31.0 Å². The maximum absolute atomic E-state index is 12.8. The molecule has 1 saturated heterocycles. The van der Waals surface area contributed by atoms with Gasteiger partial charge in [0.1, 0.15) is 18.1 Å². The minimum Gasteiger partial charge on any atom is -0.496 e. The van der Waals surface area contributed by atoms with Crippen molar-refractivity contribution in [3.63, 3.8) is 0 Å². The molecule has 1 N–H and O–H groups in total. The Morgan fingerprint density at radius 1 is 1.46 bits per heavy atom. The monoisotopic (exact) mass is 353 g/mol. The summed E-state index contributed by atoms with van der Waals surface area (Å²) < 4.78 is 10.8. The number of hydrogen-bond acceptors (Lipinski definition) is 4. The largest absolute Gasteiger partial charge is 0.496 e. The molecule has 0 saturated carbocycles. The third kappa shape index (κ3) is 4.06. The molecule has 1 aliphatic heterocycles. The summed E-state index contributed by atoms with van der Waals surface area (Å²) >= 11 is 0. The Labute approximate surface area is 153 Å². The minimum absolute atomic E-state index is 0.0414. The van der Waals surface area contributed by atoms with E-state index in [0.717, 1.165) is 30.7 Å². The molecule has 0 spiro atoms. The highest BCUT2D eigenvalue weighted by Crippen LogP contribution is 2.28. The number of aromatic nitrogens is 2. The number of nitrogens with one attached hydrogen (secondary N) is 1. The maximum Gasteiger partial charge on any atom is 0.271 e. The first kappa shape index (κ1) is 18.0. The summed E-state index contributed by atoms with van der Waals surface area (Å²) in [4.78, 5) is 14.7. The number of likely N-dealkylation sites (tertiary alicyclic amines) is 1. The van der Waals surface area contributed by atoms with Crippen LogP contribution in [0.15, 0.2) is 30.3 Å². The van der Waals surface area contributed by atoms with Crippen LogP contribution in [0, 0.1) is 18.3 Å². The molecule has 1 aromatic heterocycles. The van der Waals surface area contributed by atoms with Gasteiger partial charge in [0, 0.05) is 24.6 Å². The van der Waals surface area contributed by atoms with Crippen molar-refractivity contribution >= 4 is 5.91 Å². The number of rotatable bonds is 6. The third-order valence-corrected chi connectivity index (χ3v) is 4.54. The number of amides is 1. The van der Waals surface area contributed by atoms with Crippen LogP contribution in [0.5, 0.6) is 5.75 Å². The molecule has 1 unspecified atom stereocenters. The molecule has 2 heterocycles. The normalized spacial score (nSPS) is 16.9. The number of ether oxygens (including phenoxy) is 2. The summed E-state index contributed by atoms with van der Waals surface area (Å²) in [6, 6.07) is 9.38. The van der Waals surface area contributed by atoms with Gasteiger partial charge >= 0.3 is 0 Å². The lowest BCUT2D eigenvalue weighted by atomic mass is 9.98. The lowest BCUT2D eigenvalue weighted by molar-refractivity contribution is 0.0529. The highest BCUT2D eigenvalue weighted by molar-refractivity contribution is 5.93. The molecule has 2 aromatic rings. The topological polar surface area (TPSA) is 67.4 Å². The molecule has 0 aliphatic carbocycles. The highest BCUT2D eigenvalue weighted by atomic mass is 16.5. The molecule has 136 valence electrons. The first-order valence-electron chi connectivity index (χ1n) is 8.72. The molecule has 1 amide bonds. The van der Waals surface area contributed by atoms with Crippen LogP contribution in [-0.2, 0) is 4.74 Å². The average molecular weight is 353 g/mol. The summed E-state index contributed by atoms with van der Waals surface area (Å²) in [5.74, 6) is 3.47. The van der Waals surface area contributed by atoms with Crippen molar-refractivity contribution in [3.8, 4) is 29.4 Å². The van der Waals surface area contributed by atoms with Crippen LogP contribution in [0.1, 0.15) is 23.3 Å². The smallest absolute Gasteiger partial charge is 0.271 e. The minimum atomic E-state index is -0.0414. The van der Waals surface area contributed by atoms with Gasteiger partial charge in [-0.1, -0.05) is 18.1 Å². The maximum atomic E-state index is 12.8. The summed E-state index contributed by atoms with van der Waals surface area (Å²) in [6.45, 7) is 2.32. The van der Waals surface area contributed by atoms with Crippen LogP contribution in [0.2, 0.25) is 0 Å². The van der Waals surface area contributed by atoms with Gasteiger partial charge in [-0.15, -0.1) is 6.42 Å². The second-order valence-corrected chi connectivity index (χ2v) is 6.35. The number of piperidine rings is 1. The highest BCUT2D eigenvalue weighted by Gasteiger charge is 2.26. The Kier molecular flexibility index (Phi) is 5.92. The predicted molar refractivity (Wildman–Crippen MR) is 98.9 cm³/mol. The molecule has 1 fully saturated rings. The Bertz CT molecular complexity index is 794. The molecule has 6 nitrogen and oxygen atoms in total. The van der Waals surface area contributed by atoms with Crippen LogP contribution in [0.25, 0.3) is 11.3 Å². The van der Waals surface area contributed by atoms with Crippen LogP contribution in [-0.4, -0.2) is 54.4 Å². The first-order chi connectivity index (χ1) is 12.7. The molecular weight excluding hydrogens is 330 g/mol. The van der Waals surface area contributed by atoms with Gasteiger partial charge in [-0.2, -0.15) is 5.10 Å².